The van der Waals surface area contributed by atoms with Crippen LogP contribution in [0.2, 0.25) is 0 Å². The minimum atomic E-state index is 0.754. The summed E-state index contributed by atoms with van der Waals surface area (Å²) in [5.74, 6) is 2.02. The molecule has 0 saturated heterocycles. The molecule has 0 aliphatic rings. The van der Waals surface area contributed by atoms with Crippen LogP contribution in [0.25, 0.3) is 0 Å². The fourth-order valence-corrected chi connectivity index (χ4v) is 2.95. The van der Waals surface area contributed by atoms with Crippen molar-refractivity contribution in [1.82, 2.24) is 9.88 Å². The van der Waals surface area contributed by atoms with E-state index < -0.39 is 0 Å². The zero-order valence-electron chi connectivity index (χ0n) is 10.1. The van der Waals surface area contributed by atoms with Crippen molar-refractivity contribution < 1.29 is 0 Å². The van der Waals surface area contributed by atoms with Crippen molar-refractivity contribution in [1.29, 1.82) is 0 Å². The number of thioether (sulfide) groups is 1. The van der Waals surface area contributed by atoms with Gasteiger partial charge >= 0.3 is 0 Å². The Kier molecular flexibility index (Phi) is 7.03. The minimum absolute atomic E-state index is 0.754. The lowest BCUT2D eigenvalue weighted by atomic mass is 10.3. The van der Waals surface area contributed by atoms with Gasteiger partial charge in [0.2, 0.25) is 0 Å². The van der Waals surface area contributed by atoms with Gasteiger partial charge in [-0.05, 0) is 27.1 Å². The second-order valence-electron chi connectivity index (χ2n) is 3.98. The zero-order chi connectivity index (χ0) is 11.8. The van der Waals surface area contributed by atoms with Crippen LogP contribution in [-0.4, -0.2) is 42.8 Å². The fraction of sp³-hybridized carbons (Fsp3) is 0.727. The van der Waals surface area contributed by atoms with Gasteiger partial charge in [0.15, 0.2) is 0 Å². The van der Waals surface area contributed by atoms with Gasteiger partial charge in [-0.25, -0.2) is 4.98 Å². The van der Waals surface area contributed by atoms with E-state index in [0.717, 1.165) is 31.0 Å². The van der Waals surface area contributed by atoms with E-state index in [0.29, 0.717) is 0 Å². The molecular weight excluding hydrogens is 238 g/mol. The molecule has 1 heterocycles. The molecule has 1 rings (SSSR count). The Balaban J connectivity index is 2.22. The van der Waals surface area contributed by atoms with Gasteiger partial charge < -0.3 is 10.6 Å². The molecule has 92 valence electrons. The van der Waals surface area contributed by atoms with Gasteiger partial charge in [0.25, 0.3) is 0 Å². The van der Waals surface area contributed by atoms with Crippen molar-refractivity contribution in [3.05, 3.63) is 16.1 Å². The number of nitrogens with two attached hydrogens (primary N) is 1. The molecular formula is C11H21N3S2. The smallest absolute Gasteiger partial charge is 0.0929 e. The Morgan fingerprint density at radius 3 is 3.00 bits per heavy atom. The summed E-state index contributed by atoms with van der Waals surface area (Å²) in [6.45, 7) is 1.89. The van der Waals surface area contributed by atoms with Crippen LogP contribution in [-0.2, 0) is 12.2 Å². The highest BCUT2D eigenvalue weighted by molar-refractivity contribution is 7.98. The molecule has 0 amide bonds. The minimum Gasteiger partial charge on any atom is -0.330 e. The van der Waals surface area contributed by atoms with Crippen LogP contribution in [0.15, 0.2) is 5.38 Å². The van der Waals surface area contributed by atoms with E-state index in [1.54, 1.807) is 11.3 Å². The van der Waals surface area contributed by atoms with E-state index in [1.807, 2.05) is 11.8 Å². The SMILES string of the molecule is CN(C)CCCc1nc(CSCCN)cs1. The number of thiazole rings is 1. The van der Waals surface area contributed by atoms with Crippen molar-refractivity contribution >= 4 is 23.1 Å². The molecule has 0 aliphatic heterocycles. The highest BCUT2D eigenvalue weighted by Crippen LogP contribution is 2.16. The molecule has 0 spiro atoms. The van der Waals surface area contributed by atoms with Gasteiger partial charge in [0, 0.05) is 29.9 Å². The summed E-state index contributed by atoms with van der Waals surface area (Å²) < 4.78 is 0. The lowest BCUT2D eigenvalue weighted by Crippen LogP contribution is -2.13. The van der Waals surface area contributed by atoms with Crippen molar-refractivity contribution in [2.75, 3.05) is 32.9 Å². The molecule has 0 bridgehead atoms. The molecule has 0 atom stereocenters. The Hall–Kier alpha value is -0.100. The third-order valence-electron chi connectivity index (χ3n) is 2.11. The molecule has 0 radical (unpaired) electrons. The van der Waals surface area contributed by atoms with Gasteiger partial charge in [-0.1, -0.05) is 0 Å². The third kappa shape index (κ3) is 5.84. The maximum absolute atomic E-state index is 5.45. The summed E-state index contributed by atoms with van der Waals surface area (Å²) >= 11 is 3.64. The average molecular weight is 259 g/mol. The van der Waals surface area contributed by atoms with Crippen LogP contribution in [0.5, 0.6) is 0 Å². The topological polar surface area (TPSA) is 42.2 Å². The van der Waals surface area contributed by atoms with Gasteiger partial charge in [-0.15, -0.1) is 11.3 Å². The highest BCUT2D eigenvalue weighted by Gasteiger charge is 2.02. The maximum atomic E-state index is 5.45. The van der Waals surface area contributed by atoms with Gasteiger partial charge in [-0.2, -0.15) is 11.8 Å². The number of nitrogens with zero attached hydrogens (tertiary/aromatic N) is 2. The standard InChI is InChI=1S/C11H21N3S2/c1-14(2)6-3-4-11-13-10(9-16-11)8-15-7-5-12/h9H,3-8,12H2,1-2H3. The normalized spacial score (nSPS) is 11.2. The van der Waals surface area contributed by atoms with Gasteiger partial charge in [-0.3, -0.25) is 0 Å². The first-order valence-electron chi connectivity index (χ1n) is 5.58. The number of hydrogen-bond acceptors (Lipinski definition) is 5. The summed E-state index contributed by atoms with van der Waals surface area (Å²) in [7, 11) is 4.22. The Morgan fingerprint density at radius 2 is 2.31 bits per heavy atom. The average Bonchev–Trinajstić information content (AvgIpc) is 2.66. The van der Waals surface area contributed by atoms with Crippen LogP contribution >= 0.6 is 23.1 Å². The van der Waals surface area contributed by atoms with Crippen molar-refractivity contribution in [2.24, 2.45) is 5.73 Å². The maximum Gasteiger partial charge on any atom is 0.0929 e. The summed E-state index contributed by atoms with van der Waals surface area (Å²) in [6, 6.07) is 0. The summed E-state index contributed by atoms with van der Waals surface area (Å²) in [5.41, 5.74) is 6.66. The van der Waals surface area contributed by atoms with Crippen LogP contribution < -0.4 is 5.73 Å². The van der Waals surface area contributed by atoms with Crippen LogP contribution in [0.1, 0.15) is 17.1 Å². The van der Waals surface area contributed by atoms with Crippen molar-refractivity contribution in [3.8, 4) is 0 Å². The monoisotopic (exact) mass is 259 g/mol. The van der Waals surface area contributed by atoms with Gasteiger partial charge in [0.05, 0.1) is 10.7 Å². The first-order chi connectivity index (χ1) is 7.72. The van der Waals surface area contributed by atoms with Crippen LogP contribution in [0, 0.1) is 0 Å². The second kappa shape index (κ2) is 8.06. The Labute approximate surface area is 106 Å². The first-order valence-corrected chi connectivity index (χ1v) is 7.61. The summed E-state index contributed by atoms with van der Waals surface area (Å²) in [6.07, 6.45) is 2.29. The zero-order valence-corrected chi connectivity index (χ0v) is 11.7. The van der Waals surface area contributed by atoms with E-state index in [9.17, 15) is 0 Å². The summed E-state index contributed by atoms with van der Waals surface area (Å²) in [4.78, 5) is 6.83. The van der Waals surface area contributed by atoms with E-state index in [-0.39, 0.29) is 0 Å². The fourth-order valence-electron chi connectivity index (χ4n) is 1.34. The molecule has 0 aliphatic carbocycles. The van der Waals surface area contributed by atoms with E-state index in [1.165, 1.54) is 17.1 Å². The molecule has 0 aromatic carbocycles. The first kappa shape index (κ1) is 14.0. The Bertz CT molecular complexity index is 287. The molecule has 1 aromatic heterocycles. The largest absolute Gasteiger partial charge is 0.330 e. The molecule has 3 nitrogen and oxygen atoms in total. The number of rotatable bonds is 8. The molecule has 16 heavy (non-hydrogen) atoms. The molecule has 0 saturated carbocycles. The lowest BCUT2D eigenvalue weighted by molar-refractivity contribution is 0.400. The number of hydrogen-bond donors (Lipinski definition) is 1. The second-order valence-corrected chi connectivity index (χ2v) is 6.03. The van der Waals surface area contributed by atoms with E-state index in [2.05, 4.69) is 29.4 Å². The predicted molar refractivity (Wildman–Crippen MR) is 74.2 cm³/mol. The van der Waals surface area contributed by atoms with E-state index in [4.69, 9.17) is 5.73 Å². The number of aromatic nitrogens is 1. The van der Waals surface area contributed by atoms with Gasteiger partial charge in [0.1, 0.15) is 0 Å². The molecule has 0 unspecified atom stereocenters. The van der Waals surface area contributed by atoms with E-state index >= 15 is 0 Å². The number of aryl methyl sites for hydroxylation is 1. The third-order valence-corrected chi connectivity index (χ3v) is 4.09. The summed E-state index contributed by atoms with van der Waals surface area (Å²) in [5, 5.41) is 3.44. The Morgan fingerprint density at radius 1 is 1.50 bits per heavy atom. The van der Waals surface area contributed by atoms with Crippen LogP contribution in [0.3, 0.4) is 0 Å². The molecule has 0 fully saturated rings. The highest BCUT2D eigenvalue weighted by atomic mass is 32.2. The molecule has 1 aromatic rings. The lowest BCUT2D eigenvalue weighted by Gasteiger charge is -2.07. The quantitative estimate of drug-likeness (QED) is 0.723. The van der Waals surface area contributed by atoms with Crippen molar-refractivity contribution in [2.45, 2.75) is 18.6 Å². The predicted octanol–water partition coefficient (Wildman–Crippen LogP) is 1.83. The van der Waals surface area contributed by atoms with Crippen molar-refractivity contribution in [3.63, 3.8) is 0 Å². The van der Waals surface area contributed by atoms with Crippen LogP contribution in [0.4, 0.5) is 0 Å². The molecule has 2 N–H and O–H groups in total. The molecule has 5 heteroatoms.